The molecule has 0 bridgehead atoms. The summed E-state index contributed by atoms with van der Waals surface area (Å²) in [6.45, 7) is 1.67. The van der Waals surface area contributed by atoms with Crippen molar-refractivity contribution in [2.45, 2.75) is 25.6 Å². The molecule has 9 heteroatoms. The fourth-order valence-corrected chi connectivity index (χ4v) is 2.90. The van der Waals surface area contributed by atoms with Gasteiger partial charge in [-0.25, -0.2) is 4.98 Å². The lowest BCUT2D eigenvalue weighted by molar-refractivity contribution is -0.137. The van der Waals surface area contributed by atoms with E-state index < -0.39 is 11.7 Å². The van der Waals surface area contributed by atoms with Gasteiger partial charge in [-0.1, -0.05) is 6.92 Å². The van der Waals surface area contributed by atoms with Gasteiger partial charge in [0.1, 0.15) is 5.75 Å². The van der Waals surface area contributed by atoms with E-state index in [1.54, 1.807) is 24.3 Å². The second-order valence-electron chi connectivity index (χ2n) is 6.63. The van der Waals surface area contributed by atoms with Crippen molar-refractivity contribution in [3.8, 4) is 17.1 Å². The van der Waals surface area contributed by atoms with Crippen LogP contribution in [-0.2, 0) is 6.18 Å². The minimum absolute atomic E-state index is 0.175. The Morgan fingerprint density at radius 1 is 1.20 bits per heavy atom. The number of carbonyl (C=O) groups excluding carboxylic acids is 1. The van der Waals surface area contributed by atoms with E-state index in [1.807, 2.05) is 6.92 Å². The number of aromatic nitrogens is 2. The molecule has 2 aromatic heterocycles. The molecular weight excluding hydrogens is 399 g/mol. The summed E-state index contributed by atoms with van der Waals surface area (Å²) < 4.78 is 43.7. The number of aliphatic hydroxyl groups excluding tert-OH is 1. The van der Waals surface area contributed by atoms with Crippen LogP contribution >= 0.6 is 0 Å². The second kappa shape index (κ2) is 8.66. The molecule has 3 aromatic rings. The molecule has 0 radical (unpaired) electrons. The molecule has 0 unspecified atom stereocenters. The number of aliphatic hydroxyl groups is 1. The first kappa shape index (κ1) is 21.5. The third-order valence-electron chi connectivity index (χ3n) is 4.66. The molecule has 3 rings (SSSR count). The van der Waals surface area contributed by atoms with Crippen LogP contribution in [0.2, 0.25) is 0 Å². The zero-order valence-corrected chi connectivity index (χ0v) is 16.3. The number of alkyl halides is 3. The first-order chi connectivity index (χ1) is 14.3. The van der Waals surface area contributed by atoms with Gasteiger partial charge in [0.25, 0.3) is 5.91 Å². The summed E-state index contributed by atoms with van der Waals surface area (Å²) in [5, 5.41) is 12.6. The summed E-state index contributed by atoms with van der Waals surface area (Å²) in [6.07, 6.45) is -3.16. The molecule has 2 heterocycles. The number of fused-ring (bicyclic) bond motifs is 1. The Morgan fingerprint density at radius 3 is 2.53 bits per heavy atom. The molecular formula is C21H20F3N3O3. The van der Waals surface area contributed by atoms with Gasteiger partial charge >= 0.3 is 6.18 Å². The van der Waals surface area contributed by atoms with Crippen molar-refractivity contribution >= 4 is 16.8 Å². The van der Waals surface area contributed by atoms with Crippen LogP contribution in [0.15, 0.2) is 42.6 Å². The maximum absolute atomic E-state index is 12.8. The number of rotatable bonds is 6. The molecule has 2 N–H and O–H groups in total. The molecule has 30 heavy (non-hydrogen) atoms. The van der Waals surface area contributed by atoms with E-state index in [0.717, 1.165) is 12.3 Å². The zero-order valence-electron chi connectivity index (χ0n) is 16.3. The van der Waals surface area contributed by atoms with Crippen LogP contribution in [0, 0.1) is 0 Å². The molecule has 0 aliphatic heterocycles. The molecule has 158 valence electrons. The Balaban J connectivity index is 2.01. The molecule has 1 aromatic carbocycles. The minimum Gasteiger partial charge on any atom is -0.496 e. The van der Waals surface area contributed by atoms with Gasteiger partial charge in [-0.15, -0.1) is 0 Å². The predicted molar refractivity (Wildman–Crippen MR) is 105 cm³/mol. The predicted octanol–water partition coefficient (Wildman–Crippen LogP) is 3.82. The van der Waals surface area contributed by atoms with Crippen LogP contribution in [0.1, 0.15) is 29.3 Å². The van der Waals surface area contributed by atoms with Crippen molar-refractivity contribution < 1.29 is 27.8 Å². The number of nitrogens with one attached hydrogen (secondary N) is 1. The van der Waals surface area contributed by atoms with Gasteiger partial charge in [-0.3, -0.25) is 9.78 Å². The maximum atomic E-state index is 12.8. The Labute approximate surface area is 170 Å². The Bertz CT molecular complexity index is 1050. The average molecular weight is 419 g/mol. The molecule has 0 aliphatic carbocycles. The Kier molecular flexibility index (Phi) is 6.21. The van der Waals surface area contributed by atoms with Crippen molar-refractivity contribution in [2.75, 3.05) is 13.7 Å². The highest BCUT2D eigenvalue weighted by molar-refractivity contribution is 5.99. The SMILES string of the molecule is CC[C@H](CO)NC(=O)c1ccc2c(OC)cc(-c3ccc(C(F)(F)F)cn3)nc2c1. The van der Waals surface area contributed by atoms with Gasteiger partial charge < -0.3 is 15.2 Å². The van der Waals surface area contributed by atoms with Gasteiger partial charge in [0.2, 0.25) is 0 Å². The standard InChI is InChI=1S/C21H20F3N3O3/c1-3-14(11-28)26-20(29)12-4-6-15-17(8-12)27-18(9-19(15)30-2)16-7-5-13(10-25-16)21(22,23)24/h4-10,14,28H,3,11H2,1-2H3,(H,26,29)/t14-/m1/s1. The van der Waals surface area contributed by atoms with Crippen molar-refractivity contribution in [3.63, 3.8) is 0 Å². The molecule has 1 atom stereocenters. The topological polar surface area (TPSA) is 84.3 Å². The van der Waals surface area contributed by atoms with E-state index in [4.69, 9.17) is 4.74 Å². The van der Waals surface area contributed by atoms with E-state index in [2.05, 4.69) is 15.3 Å². The van der Waals surface area contributed by atoms with E-state index >= 15 is 0 Å². The summed E-state index contributed by atoms with van der Waals surface area (Å²) in [5.41, 5.74) is 0.460. The fourth-order valence-electron chi connectivity index (χ4n) is 2.90. The van der Waals surface area contributed by atoms with E-state index in [1.165, 1.54) is 13.2 Å². The highest BCUT2D eigenvalue weighted by Crippen LogP contribution is 2.32. The largest absolute Gasteiger partial charge is 0.496 e. The van der Waals surface area contributed by atoms with E-state index in [0.29, 0.717) is 34.3 Å². The second-order valence-corrected chi connectivity index (χ2v) is 6.63. The quantitative estimate of drug-likeness (QED) is 0.635. The average Bonchev–Trinajstić information content (AvgIpc) is 2.75. The van der Waals surface area contributed by atoms with Crippen molar-refractivity contribution in [1.29, 1.82) is 0 Å². The maximum Gasteiger partial charge on any atom is 0.417 e. The van der Waals surface area contributed by atoms with E-state index in [-0.39, 0.29) is 24.2 Å². The van der Waals surface area contributed by atoms with Crippen LogP contribution in [0.3, 0.4) is 0 Å². The van der Waals surface area contributed by atoms with Gasteiger partial charge in [0.05, 0.1) is 42.2 Å². The van der Waals surface area contributed by atoms with Crippen molar-refractivity contribution in [3.05, 3.63) is 53.7 Å². The number of methoxy groups -OCH3 is 1. The molecule has 1 amide bonds. The highest BCUT2D eigenvalue weighted by Gasteiger charge is 2.30. The Hall–Kier alpha value is -3.20. The third-order valence-corrected chi connectivity index (χ3v) is 4.66. The van der Waals surface area contributed by atoms with Gasteiger partial charge in [-0.05, 0) is 36.8 Å². The smallest absolute Gasteiger partial charge is 0.417 e. The lowest BCUT2D eigenvalue weighted by Crippen LogP contribution is -2.36. The summed E-state index contributed by atoms with van der Waals surface area (Å²) in [6, 6.07) is 8.24. The normalized spacial score (nSPS) is 12.6. The van der Waals surface area contributed by atoms with Gasteiger partial charge in [0.15, 0.2) is 0 Å². The minimum atomic E-state index is -4.48. The number of nitrogens with zero attached hydrogens (tertiary/aromatic N) is 2. The molecule has 0 saturated heterocycles. The first-order valence-electron chi connectivity index (χ1n) is 9.21. The van der Waals surface area contributed by atoms with Crippen molar-refractivity contribution in [2.24, 2.45) is 0 Å². The number of hydrogen-bond acceptors (Lipinski definition) is 5. The van der Waals surface area contributed by atoms with Crippen LogP contribution in [-0.4, -0.2) is 40.7 Å². The zero-order chi connectivity index (χ0) is 21.9. The first-order valence-corrected chi connectivity index (χ1v) is 9.21. The molecule has 0 aliphatic rings. The number of halogens is 3. The number of amides is 1. The van der Waals surface area contributed by atoms with Crippen LogP contribution < -0.4 is 10.1 Å². The van der Waals surface area contributed by atoms with Crippen LogP contribution in [0.25, 0.3) is 22.3 Å². The highest BCUT2D eigenvalue weighted by atomic mass is 19.4. The summed E-state index contributed by atoms with van der Waals surface area (Å²) in [7, 11) is 1.46. The van der Waals surface area contributed by atoms with Gasteiger partial charge in [0, 0.05) is 23.2 Å². The number of carbonyl (C=O) groups is 1. The van der Waals surface area contributed by atoms with Crippen molar-refractivity contribution in [1.82, 2.24) is 15.3 Å². The number of hydrogen-bond donors (Lipinski definition) is 2. The van der Waals surface area contributed by atoms with Crippen LogP contribution in [0.5, 0.6) is 5.75 Å². The summed E-state index contributed by atoms with van der Waals surface area (Å²) in [4.78, 5) is 20.8. The molecule has 0 saturated carbocycles. The number of pyridine rings is 2. The van der Waals surface area contributed by atoms with Crippen LogP contribution in [0.4, 0.5) is 13.2 Å². The number of ether oxygens (including phenoxy) is 1. The fraction of sp³-hybridized carbons (Fsp3) is 0.286. The Morgan fingerprint density at radius 2 is 1.97 bits per heavy atom. The third kappa shape index (κ3) is 4.51. The lowest BCUT2D eigenvalue weighted by Gasteiger charge is -2.15. The summed E-state index contributed by atoms with van der Waals surface area (Å²) in [5.74, 6) is 0.0853. The van der Waals surface area contributed by atoms with Gasteiger partial charge in [-0.2, -0.15) is 13.2 Å². The monoisotopic (exact) mass is 419 g/mol. The molecule has 6 nitrogen and oxygen atoms in total. The molecule has 0 fully saturated rings. The molecule has 0 spiro atoms. The number of benzene rings is 1. The summed E-state index contributed by atoms with van der Waals surface area (Å²) >= 11 is 0. The lowest BCUT2D eigenvalue weighted by atomic mass is 10.1. The van der Waals surface area contributed by atoms with E-state index in [9.17, 15) is 23.1 Å².